The molecule has 1 aromatic carbocycles. The van der Waals surface area contributed by atoms with Crippen LogP contribution in [0.1, 0.15) is 44.6 Å². The van der Waals surface area contributed by atoms with E-state index < -0.39 is 0 Å². The van der Waals surface area contributed by atoms with Gasteiger partial charge < -0.3 is 5.32 Å². The fourth-order valence-electron chi connectivity index (χ4n) is 2.65. The van der Waals surface area contributed by atoms with Gasteiger partial charge >= 0.3 is 0 Å². The zero-order chi connectivity index (χ0) is 12.1. The molecule has 0 spiro atoms. The molecule has 1 N–H and O–H groups in total. The van der Waals surface area contributed by atoms with E-state index in [1.54, 1.807) is 0 Å². The molecule has 0 aliphatic carbocycles. The van der Waals surface area contributed by atoms with E-state index >= 15 is 0 Å². The minimum Gasteiger partial charge on any atom is -0.315 e. The highest BCUT2D eigenvalue weighted by molar-refractivity contribution is 6.30. The van der Waals surface area contributed by atoms with E-state index in [1.165, 1.54) is 37.7 Å². The Kier molecular flexibility index (Phi) is 4.47. The van der Waals surface area contributed by atoms with Crippen LogP contribution in [0.4, 0.5) is 0 Å². The van der Waals surface area contributed by atoms with Crippen LogP contribution in [0.15, 0.2) is 24.3 Å². The third-order valence-corrected chi connectivity index (χ3v) is 4.14. The second-order valence-corrected chi connectivity index (χ2v) is 5.64. The molecule has 0 atom stereocenters. The van der Waals surface area contributed by atoms with Gasteiger partial charge in [0.05, 0.1) is 0 Å². The van der Waals surface area contributed by atoms with Gasteiger partial charge in [-0.05, 0) is 24.1 Å². The van der Waals surface area contributed by atoms with Crippen molar-refractivity contribution in [2.75, 3.05) is 13.1 Å². The first-order valence-corrected chi connectivity index (χ1v) is 7.11. The van der Waals surface area contributed by atoms with Gasteiger partial charge in [-0.3, -0.25) is 0 Å². The molecule has 1 aliphatic heterocycles. The van der Waals surface area contributed by atoms with Gasteiger partial charge in [-0.1, -0.05) is 56.3 Å². The highest BCUT2D eigenvalue weighted by Gasteiger charge is 2.37. The van der Waals surface area contributed by atoms with E-state index in [9.17, 15) is 0 Å². The smallest absolute Gasteiger partial charge is 0.0406 e. The zero-order valence-corrected chi connectivity index (χ0v) is 11.4. The molecule has 0 unspecified atom stereocenters. The lowest BCUT2D eigenvalue weighted by Gasteiger charge is -2.43. The van der Waals surface area contributed by atoms with Crippen LogP contribution in [0, 0.1) is 0 Å². The monoisotopic (exact) mass is 251 g/mol. The number of hydrogen-bond acceptors (Lipinski definition) is 1. The highest BCUT2D eigenvalue weighted by atomic mass is 35.5. The lowest BCUT2D eigenvalue weighted by atomic mass is 9.71. The van der Waals surface area contributed by atoms with Crippen LogP contribution < -0.4 is 5.32 Å². The number of nitrogens with one attached hydrogen (secondary N) is 1. The highest BCUT2D eigenvalue weighted by Crippen LogP contribution is 2.34. The summed E-state index contributed by atoms with van der Waals surface area (Å²) in [5.41, 5.74) is 1.84. The maximum absolute atomic E-state index is 5.95. The van der Waals surface area contributed by atoms with Gasteiger partial charge in [0, 0.05) is 23.5 Å². The standard InChI is InChI=1S/C15H22ClN/c1-2-3-4-5-10-15(11-17-12-15)13-6-8-14(16)9-7-13/h6-9,17H,2-5,10-12H2,1H3. The number of benzene rings is 1. The first kappa shape index (κ1) is 12.9. The van der Waals surface area contributed by atoms with Gasteiger partial charge in [0.2, 0.25) is 0 Å². The summed E-state index contributed by atoms with van der Waals surface area (Å²) >= 11 is 5.95. The summed E-state index contributed by atoms with van der Waals surface area (Å²) in [6, 6.07) is 8.43. The van der Waals surface area contributed by atoms with Crippen molar-refractivity contribution < 1.29 is 0 Å². The molecular weight excluding hydrogens is 230 g/mol. The van der Waals surface area contributed by atoms with Gasteiger partial charge in [-0.25, -0.2) is 0 Å². The van der Waals surface area contributed by atoms with Gasteiger partial charge in [0.1, 0.15) is 0 Å². The average Bonchev–Trinajstić information content (AvgIpc) is 2.29. The number of rotatable bonds is 6. The van der Waals surface area contributed by atoms with Crippen molar-refractivity contribution in [1.82, 2.24) is 5.32 Å². The molecule has 1 heterocycles. The largest absolute Gasteiger partial charge is 0.315 e. The molecule has 17 heavy (non-hydrogen) atoms. The minimum absolute atomic E-state index is 0.387. The van der Waals surface area contributed by atoms with Gasteiger partial charge in [-0.2, -0.15) is 0 Å². The molecule has 1 nitrogen and oxygen atoms in total. The van der Waals surface area contributed by atoms with E-state index in [2.05, 4.69) is 24.4 Å². The second-order valence-electron chi connectivity index (χ2n) is 5.20. The quantitative estimate of drug-likeness (QED) is 0.749. The average molecular weight is 252 g/mol. The van der Waals surface area contributed by atoms with E-state index in [0.29, 0.717) is 5.41 Å². The van der Waals surface area contributed by atoms with E-state index in [0.717, 1.165) is 18.1 Å². The lowest BCUT2D eigenvalue weighted by Crippen LogP contribution is -2.56. The van der Waals surface area contributed by atoms with Crippen LogP contribution in [0.25, 0.3) is 0 Å². The predicted octanol–water partition coefficient (Wildman–Crippen LogP) is 4.15. The summed E-state index contributed by atoms with van der Waals surface area (Å²) in [4.78, 5) is 0. The Morgan fingerprint density at radius 2 is 1.82 bits per heavy atom. The van der Waals surface area contributed by atoms with Crippen molar-refractivity contribution in [2.24, 2.45) is 0 Å². The van der Waals surface area contributed by atoms with Crippen molar-refractivity contribution in [3.05, 3.63) is 34.9 Å². The van der Waals surface area contributed by atoms with E-state index in [4.69, 9.17) is 11.6 Å². The van der Waals surface area contributed by atoms with Crippen molar-refractivity contribution in [2.45, 2.75) is 44.4 Å². The van der Waals surface area contributed by atoms with Crippen LogP contribution in [0.5, 0.6) is 0 Å². The molecule has 2 rings (SSSR count). The molecule has 1 aromatic rings. The van der Waals surface area contributed by atoms with Crippen LogP contribution in [0.2, 0.25) is 5.02 Å². The van der Waals surface area contributed by atoms with Crippen molar-refractivity contribution in [1.29, 1.82) is 0 Å². The molecule has 2 heteroatoms. The van der Waals surface area contributed by atoms with Gasteiger partial charge in [0.25, 0.3) is 0 Å². The summed E-state index contributed by atoms with van der Waals surface area (Å²) in [6.07, 6.45) is 6.70. The molecule has 1 fully saturated rings. The lowest BCUT2D eigenvalue weighted by molar-refractivity contribution is 0.249. The maximum atomic E-state index is 5.95. The minimum atomic E-state index is 0.387. The molecular formula is C15H22ClN. The number of hydrogen-bond donors (Lipinski definition) is 1. The normalized spacial score (nSPS) is 17.8. The topological polar surface area (TPSA) is 12.0 Å². The zero-order valence-electron chi connectivity index (χ0n) is 10.6. The third-order valence-electron chi connectivity index (χ3n) is 3.89. The molecule has 1 saturated heterocycles. The summed E-state index contributed by atoms with van der Waals surface area (Å²) in [5, 5.41) is 4.26. The Morgan fingerprint density at radius 3 is 2.35 bits per heavy atom. The third kappa shape index (κ3) is 3.02. The van der Waals surface area contributed by atoms with Gasteiger partial charge in [-0.15, -0.1) is 0 Å². The summed E-state index contributed by atoms with van der Waals surface area (Å²) in [7, 11) is 0. The number of halogens is 1. The van der Waals surface area contributed by atoms with Crippen LogP contribution in [-0.4, -0.2) is 13.1 Å². The fraction of sp³-hybridized carbons (Fsp3) is 0.600. The van der Waals surface area contributed by atoms with Crippen molar-refractivity contribution >= 4 is 11.6 Å². The van der Waals surface area contributed by atoms with Crippen molar-refractivity contribution in [3.63, 3.8) is 0 Å². The Balaban J connectivity index is 1.96. The van der Waals surface area contributed by atoms with E-state index in [-0.39, 0.29) is 0 Å². The van der Waals surface area contributed by atoms with Gasteiger partial charge in [0.15, 0.2) is 0 Å². The molecule has 0 radical (unpaired) electrons. The Hall–Kier alpha value is -0.530. The summed E-state index contributed by atoms with van der Waals surface area (Å²) < 4.78 is 0. The second kappa shape index (κ2) is 5.88. The molecule has 94 valence electrons. The van der Waals surface area contributed by atoms with Crippen LogP contribution >= 0.6 is 11.6 Å². The first-order chi connectivity index (χ1) is 8.27. The molecule has 0 bridgehead atoms. The molecule has 0 saturated carbocycles. The SMILES string of the molecule is CCCCCCC1(c2ccc(Cl)cc2)CNC1. The Labute approximate surface area is 110 Å². The molecule has 1 aliphatic rings. The summed E-state index contributed by atoms with van der Waals surface area (Å²) in [6.45, 7) is 4.52. The fourth-order valence-corrected chi connectivity index (χ4v) is 2.77. The van der Waals surface area contributed by atoms with Crippen LogP contribution in [0.3, 0.4) is 0 Å². The Bertz CT molecular complexity index is 340. The number of unbranched alkanes of at least 4 members (excludes halogenated alkanes) is 3. The molecule has 0 amide bonds. The van der Waals surface area contributed by atoms with Crippen molar-refractivity contribution in [3.8, 4) is 0 Å². The predicted molar refractivity (Wildman–Crippen MR) is 74.8 cm³/mol. The van der Waals surface area contributed by atoms with E-state index in [1.807, 2.05) is 12.1 Å². The maximum Gasteiger partial charge on any atom is 0.0406 e. The Morgan fingerprint density at radius 1 is 1.12 bits per heavy atom. The summed E-state index contributed by atoms with van der Waals surface area (Å²) in [5.74, 6) is 0. The first-order valence-electron chi connectivity index (χ1n) is 6.74. The van der Waals surface area contributed by atoms with Crippen LogP contribution in [-0.2, 0) is 5.41 Å². The molecule has 0 aromatic heterocycles.